The van der Waals surface area contributed by atoms with Crippen LogP contribution in [0.25, 0.3) is 0 Å². The van der Waals surface area contributed by atoms with E-state index in [0.29, 0.717) is 43.4 Å². The smallest absolute Gasteiger partial charge is 0.329 e. The van der Waals surface area contributed by atoms with Gasteiger partial charge < -0.3 is 15.1 Å². The number of aromatic nitrogens is 3. The molecule has 0 radical (unpaired) electrons. The van der Waals surface area contributed by atoms with Crippen LogP contribution in [0.4, 0.5) is 17.3 Å². The molecule has 1 saturated heterocycles. The van der Waals surface area contributed by atoms with Crippen molar-refractivity contribution in [1.29, 1.82) is 0 Å². The molecule has 0 spiro atoms. The summed E-state index contributed by atoms with van der Waals surface area (Å²) < 4.78 is 1.21. The van der Waals surface area contributed by atoms with Crippen LogP contribution in [0.3, 0.4) is 0 Å². The van der Waals surface area contributed by atoms with Crippen molar-refractivity contribution in [2.75, 3.05) is 47.9 Å². The molecule has 3 heterocycles. The van der Waals surface area contributed by atoms with E-state index in [-0.39, 0.29) is 11.5 Å². The van der Waals surface area contributed by atoms with Gasteiger partial charge in [0.05, 0.1) is 5.75 Å². The lowest BCUT2D eigenvalue weighted by Crippen LogP contribution is -2.49. The first-order chi connectivity index (χ1) is 17.9. The molecular formula is C27H34N6O3S. The van der Waals surface area contributed by atoms with Crippen molar-refractivity contribution in [1.82, 2.24) is 19.4 Å². The Labute approximate surface area is 220 Å². The molecule has 0 unspecified atom stereocenters. The molecule has 0 atom stereocenters. The highest BCUT2D eigenvalue weighted by Crippen LogP contribution is 2.18. The second kappa shape index (κ2) is 12.6. The molecule has 1 amide bonds. The maximum absolute atomic E-state index is 12.6. The van der Waals surface area contributed by atoms with E-state index in [2.05, 4.69) is 34.0 Å². The van der Waals surface area contributed by atoms with E-state index in [1.165, 1.54) is 33.5 Å². The Hall–Kier alpha value is -3.53. The van der Waals surface area contributed by atoms with E-state index in [1.807, 2.05) is 41.3 Å². The maximum Gasteiger partial charge on any atom is 0.329 e. The van der Waals surface area contributed by atoms with E-state index in [9.17, 15) is 14.4 Å². The lowest BCUT2D eigenvalue weighted by molar-refractivity contribution is -0.128. The summed E-state index contributed by atoms with van der Waals surface area (Å²) in [6.45, 7) is 7.37. The Bertz CT molecular complexity index is 1280. The first-order valence-corrected chi connectivity index (χ1v) is 13.8. The number of piperazine rings is 1. The molecular weight excluding hydrogens is 488 g/mol. The Morgan fingerprint density at radius 2 is 1.92 bits per heavy atom. The van der Waals surface area contributed by atoms with Gasteiger partial charge in [-0.25, -0.2) is 9.78 Å². The fourth-order valence-corrected chi connectivity index (χ4v) is 5.22. The summed E-state index contributed by atoms with van der Waals surface area (Å²) in [5.74, 6) is 2.53. The van der Waals surface area contributed by atoms with Crippen LogP contribution >= 0.6 is 11.8 Å². The van der Waals surface area contributed by atoms with Gasteiger partial charge >= 0.3 is 5.69 Å². The van der Waals surface area contributed by atoms with E-state index in [4.69, 9.17) is 0 Å². The molecule has 1 aromatic carbocycles. The number of benzene rings is 1. The molecule has 0 saturated carbocycles. The number of thioether (sulfide) groups is 1. The van der Waals surface area contributed by atoms with Crippen molar-refractivity contribution < 1.29 is 4.79 Å². The van der Waals surface area contributed by atoms with Crippen molar-refractivity contribution in [3.63, 3.8) is 0 Å². The van der Waals surface area contributed by atoms with Crippen LogP contribution in [-0.4, -0.2) is 63.0 Å². The van der Waals surface area contributed by atoms with Crippen LogP contribution in [0.5, 0.6) is 0 Å². The van der Waals surface area contributed by atoms with Gasteiger partial charge in [0.1, 0.15) is 11.6 Å². The van der Waals surface area contributed by atoms with Gasteiger partial charge in [0.15, 0.2) is 0 Å². The van der Waals surface area contributed by atoms with Gasteiger partial charge in [0.25, 0.3) is 5.56 Å². The molecule has 37 heavy (non-hydrogen) atoms. The van der Waals surface area contributed by atoms with Crippen LogP contribution in [-0.2, 0) is 17.8 Å². The molecule has 1 aliphatic heterocycles. The number of carbonyl (C=O) groups is 1. The van der Waals surface area contributed by atoms with Crippen LogP contribution in [0, 0.1) is 6.92 Å². The van der Waals surface area contributed by atoms with Crippen LogP contribution in [0.1, 0.15) is 24.5 Å². The fourth-order valence-electron chi connectivity index (χ4n) is 4.39. The number of hydrogen-bond donors (Lipinski definition) is 2. The maximum atomic E-state index is 12.6. The van der Waals surface area contributed by atoms with Gasteiger partial charge in [0.2, 0.25) is 5.91 Å². The van der Waals surface area contributed by atoms with Gasteiger partial charge in [-0.1, -0.05) is 19.1 Å². The molecule has 1 aliphatic rings. The first-order valence-electron chi connectivity index (χ1n) is 12.7. The number of pyridine rings is 1. The minimum absolute atomic E-state index is 0.124. The molecule has 3 aromatic rings. The van der Waals surface area contributed by atoms with Gasteiger partial charge in [-0.3, -0.25) is 19.1 Å². The van der Waals surface area contributed by atoms with Crippen molar-refractivity contribution in [2.24, 2.45) is 0 Å². The number of nitrogens with one attached hydrogen (secondary N) is 2. The van der Waals surface area contributed by atoms with Crippen molar-refractivity contribution in [3.8, 4) is 0 Å². The first kappa shape index (κ1) is 26.5. The molecule has 2 N–H and O–H groups in total. The monoisotopic (exact) mass is 522 g/mol. The Balaban J connectivity index is 1.20. The Kier molecular flexibility index (Phi) is 9.05. The lowest BCUT2D eigenvalue weighted by Gasteiger charge is -2.35. The number of aromatic amines is 1. The highest BCUT2D eigenvalue weighted by molar-refractivity contribution is 7.99. The second-order valence-electron chi connectivity index (χ2n) is 9.06. The average Bonchev–Trinajstić information content (AvgIpc) is 2.91. The molecule has 196 valence electrons. The van der Waals surface area contributed by atoms with Crippen LogP contribution in [0.2, 0.25) is 0 Å². The predicted octanol–water partition coefficient (Wildman–Crippen LogP) is 3.02. The number of anilines is 3. The minimum atomic E-state index is -0.440. The van der Waals surface area contributed by atoms with E-state index in [1.54, 1.807) is 6.20 Å². The average molecular weight is 523 g/mol. The highest BCUT2D eigenvalue weighted by Gasteiger charge is 2.21. The van der Waals surface area contributed by atoms with E-state index < -0.39 is 5.69 Å². The third-order valence-electron chi connectivity index (χ3n) is 6.53. The van der Waals surface area contributed by atoms with Crippen molar-refractivity contribution in [3.05, 3.63) is 80.6 Å². The molecule has 10 heteroatoms. The van der Waals surface area contributed by atoms with E-state index >= 15 is 0 Å². The number of aryl methyl sites for hydroxylation is 2. The molecule has 4 rings (SSSR count). The lowest BCUT2D eigenvalue weighted by atomic mass is 10.1. The molecule has 2 aromatic heterocycles. The molecule has 0 aliphatic carbocycles. The third kappa shape index (κ3) is 7.03. The van der Waals surface area contributed by atoms with Gasteiger partial charge in [-0.15, -0.1) is 0 Å². The second-order valence-corrected chi connectivity index (χ2v) is 10.2. The Morgan fingerprint density at radius 3 is 2.62 bits per heavy atom. The van der Waals surface area contributed by atoms with Crippen molar-refractivity contribution in [2.45, 2.75) is 33.2 Å². The summed E-state index contributed by atoms with van der Waals surface area (Å²) in [6, 6.07) is 13.2. The number of amides is 1. The normalized spacial score (nSPS) is 13.6. The number of nitrogens with zero attached hydrogens (tertiary/aromatic N) is 4. The SMILES string of the molecule is CCc1cc(Nc2cc(=O)n(CCCSCC(=O)N3CCN(c4ccccn4)CC3)c(=O)[nH]2)ccc1C. The quantitative estimate of drug-likeness (QED) is 0.395. The predicted molar refractivity (Wildman–Crippen MR) is 150 cm³/mol. The summed E-state index contributed by atoms with van der Waals surface area (Å²) in [4.78, 5) is 48.9. The van der Waals surface area contributed by atoms with Gasteiger partial charge in [-0.2, -0.15) is 11.8 Å². The van der Waals surface area contributed by atoms with Crippen LogP contribution < -0.4 is 21.5 Å². The summed E-state index contributed by atoms with van der Waals surface area (Å²) >= 11 is 1.54. The van der Waals surface area contributed by atoms with E-state index in [0.717, 1.165) is 31.0 Å². The number of H-pyrrole nitrogens is 1. The van der Waals surface area contributed by atoms with Crippen molar-refractivity contribution >= 4 is 35.0 Å². The molecule has 0 bridgehead atoms. The van der Waals surface area contributed by atoms with Gasteiger partial charge in [0, 0.05) is 50.7 Å². The largest absolute Gasteiger partial charge is 0.353 e. The Morgan fingerprint density at radius 1 is 1.11 bits per heavy atom. The number of rotatable bonds is 10. The highest BCUT2D eigenvalue weighted by atomic mass is 32.2. The fraction of sp³-hybridized carbons (Fsp3) is 0.407. The summed E-state index contributed by atoms with van der Waals surface area (Å²) in [6.07, 6.45) is 3.31. The number of carbonyl (C=O) groups excluding carboxylic acids is 1. The molecule has 9 nitrogen and oxygen atoms in total. The summed E-state index contributed by atoms with van der Waals surface area (Å²) in [5.41, 5.74) is 2.46. The molecule has 1 fully saturated rings. The minimum Gasteiger partial charge on any atom is -0.353 e. The standard InChI is InChI=1S/C27H34N6O3S/c1-3-21-17-22(9-8-20(21)2)29-23-18-25(34)33(27(36)30-23)11-6-16-37-19-26(35)32-14-12-31(13-15-32)24-7-4-5-10-28-24/h4-5,7-10,17-18,29H,3,6,11-16,19H2,1-2H3,(H,30,36). The zero-order valence-electron chi connectivity index (χ0n) is 21.4. The summed E-state index contributed by atoms with van der Waals surface area (Å²) in [5, 5.41) is 3.13. The number of hydrogen-bond acceptors (Lipinski definition) is 7. The summed E-state index contributed by atoms with van der Waals surface area (Å²) in [7, 11) is 0. The zero-order valence-corrected chi connectivity index (χ0v) is 22.2. The van der Waals surface area contributed by atoms with Gasteiger partial charge in [-0.05, 0) is 60.9 Å². The van der Waals surface area contributed by atoms with Crippen LogP contribution in [0.15, 0.2) is 58.3 Å². The topological polar surface area (TPSA) is 103 Å². The zero-order chi connectivity index (χ0) is 26.2. The third-order valence-corrected chi connectivity index (χ3v) is 7.56.